The van der Waals surface area contributed by atoms with Crippen molar-refractivity contribution in [2.75, 3.05) is 26.1 Å². The Morgan fingerprint density at radius 3 is 2.31 bits per heavy atom. The van der Waals surface area contributed by atoms with Crippen LogP contribution in [0.3, 0.4) is 0 Å². The fourth-order valence-corrected chi connectivity index (χ4v) is 2.45. The van der Waals surface area contributed by atoms with Gasteiger partial charge in [0.25, 0.3) is 0 Å². The Kier molecular flexibility index (Phi) is 5.57. The van der Waals surface area contributed by atoms with Gasteiger partial charge in [0.15, 0.2) is 6.29 Å². The van der Waals surface area contributed by atoms with Crippen LogP contribution in [0.25, 0.3) is 0 Å². The average Bonchev–Trinajstić information content (AvgIpc) is 2.02. The molecule has 78 valence electrons. The van der Waals surface area contributed by atoms with E-state index >= 15 is 0 Å². The zero-order chi connectivity index (χ0) is 9.52. The number of rotatable bonds is 7. The van der Waals surface area contributed by atoms with Crippen molar-refractivity contribution in [2.24, 2.45) is 0 Å². The lowest BCUT2D eigenvalue weighted by atomic mass is 10.3. The second kappa shape index (κ2) is 6.50. The second-order valence-corrected chi connectivity index (χ2v) is 4.62. The van der Waals surface area contributed by atoms with Gasteiger partial charge in [-0.25, -0.2) is 0 Å². The van der Waals surface area contributed by atoms with E-state index < -0.39 is 9.28 Å². The highest BCUT2D eigenvalue weighted by Gasteiger charge is 2.22. The van der Waals surface area contributed by atoms with E-state index in [-0.39, 0.29) is 6.29 Å². The summed E-state index contributed by atoms with van der Waals surface area (Å²) < 4.78 is 21.4. The van der Waals surface area contributed by atoms with E-state index in [2.05, 4.69) is 0 Å². The number of hydrogen-bond donors (Lipinski definition) is 0. The maximum absolute atomic E-state index is 5.44. The van der Waals surface area contributed by atoms with Gasteiger partial charge in [0.2, 0.25) is 0 Å². The molecule has 1 aliphatic heterocycles. The van der Waals surface area contributed by atoms with E-state index in [9.17, 15) is 0 Å². The first-order valence-electron chi connectivity index (χ1n) is 4.83. The summed E-state index contributed by atoms with van der Waals surface area (Å²) in [6.45, 7) is 6.16. The highest BCUT2D eigenvalue weighted by Crippen LogP contribution is 2.12. The molecule has 0 aromatic carbocycles. The molecule has 0 amide bonds. The molecular weight excluding hydrogens is 188 g/mol. The van der Waals surface area contributed by atoms with Crippen LogP contribution in [0.4, 0.5) is 0 Å². The normalized spacial score (nSPS) is 21.9. The first kappa shape index (κ1) is 11.1. The molecule has 0 spiro atoms. The van der Waals surface area contributed by atoms with E-state index in [0.29, 0.717) is 19.4 Å². The smallest absolute Gasteiger partial charge is 0.348 e. The topological polar surface area (TPSA) is 36.9 Å². The molecule has 1 saturated heterocycles. The molecule has 1 atom stereocenters. The van der Waals surface area contributed by atoms with E-state index in [4.69, 9.17) is 18.3 Å². The van der Waals surface area contributed by atoms with Crippen LogP contribution in [0.15, 0.2) is 0 Å². The predicted octanol–water partition coefficient (Wildman–Crippen LogP) is 0.582. The minimum absolute atomic E-state index is 0.00378. The van der Waals surface area contributed by atoms with Crippen LogP contribution in [0, 0.1) is 0 Å². The van der Waals surface area contributed by atoms with Crippen LogP contribution in [-0.4, -0.2) is 41.6 Å². The first-order chi connectivity index (χ1) is 6.36. The Balaban J connectivity index is 2.05. The summed E-state index contributed by atoms with van der Waals surface area (Å²) in [5.41, 5.74) is 0. The van der Waals surface area contributed by atoms with Gasteiger partial charge in [-0.05, 0) is 13.8 Å². The second-order valence-electron chi connectivity index (χ2n) is 2.76. The van der Waals surface area contributed by atoms with Crippen LogP contribution in [0.2, 0.25) is 0 Å². The highest BCUT2D eigenvalue weighted by molar-refractivity contribution is 6.44. The first-order valence-corrected chi connectivity index (χ1v) is 6.59. The monoisotopic (exact) mass is 206 g/mol. The minimum Gasteiger partial charge on any atom is -0.396 e. The molecule has 1 heterocycles. The molecule has 1 aliphatic rings. The number of ether oxygens (including phenoxy) is 2. The van der Waals surface area contributed by atoms with Crippen LogP contribution in [-0.2, 0) is 18.3 Å². The molecule has 0 bridgehead atoms. The zero-order valence-electron chi connectivity index (χ0n) is 8.32. The summed E-state index contributed by atoms with van der Waals surface area (Å²) in [6.07, 6.45) is 1.59. The summed E-state index contributed by atoms with van der Waals surface area (Å²) in [6, 6.07) is 0. The van der Waals surface area contributed by atoms with Crippen molar-refractivity contribution in [3.8, 4) is 0 Å². The van der Waals surface area contributed by atoms with Crippen LogP contribution in [0.5, 0.6) is 0 Å². The Labute approximate surface area is 81.0 Å². The van der Waals surface area contributed by atoms with E-state index in [1.165, 1.54) is 0 Å². The molecule has 0 N–H and O–H groups in total. The molecule has 0 radical (unpaired) electrons. The molecule has 5 heteroatoms. The lowest BCUT2D eigenvalue weighted by Gasteiger charge is -2.27. The van der Waals surface area contributed by atoms with E-state index in [1.807, 2.05) is 13.8 Å². The Hall–Kier alpha value is 0.0569. The maximum atomic E-state index is 5.44. The summed E-state index contributed by atoms with van der Waals surface area (Å²) in [5.74, 6) is 0. The van der Waals surface area contributed by atoms with Crippen molar-refractivity contribution in [3.05, 3.63) is 0 Å². The van der Waals surface area contributed by atoms with Crippen molar-refractivity contribution in [1.82, 2.24) is 0 Å². The molecule has 0 saturated carbocycles. The van der Waals surface area contributed by atoms with E-state index in [1.54, 1.807) is 0 Å². The Bertz CT molecular complexity index is 123. The van der Waals surface area contributed by atoms with Crippen LogP contribution < -0.4 is 0 Å². The van der Waals surface area contributed by atoms with Gasteiger partial charge in [-0.2, -0.15) is 0 Å². The third kappa shape index (κ3) is 4.19. The molecule has 13 heavy (non-hydrogen) atoms. The van der Waals surface area contributed by atoms with Crippen molar-refractivity contribution in [3.63, 3.8) is 0 Å². The largest absolute Gasteiger partial charge is 0.396 e. The lowest BCUT2D eigenvalue weighted by molar-refractivity contribution is -0.208. The van der Waals surface area contributed by atoms with E-state index in [0.717, 1.165) is 13.0 Å². The van der Waals surface area contributed by atoms with Crippen molar-refractivity contribution < 1.29 is 18.3 Å². The SMILES string of the molecule is CCO[SiH](COC1CCO1)OCC. The summed E-state index contributed by atoms with van der Waals surface area (Å²) >= 11 is 0. The molecule has 0 aromatic heterocycles. The standard InChI is InChI=1S/C8H18O4Si/c1-3-11-13(12-4-2)7-10-8-5-6-9-8/h8,13H,3-7H2,1-2H3. The average molecular weight is 206 g/mol. The quantitative estimate of drug-likeness (QED) is 0.571. The fourth-order valence-electron chi connectivity index (χ4n) is 1.05. The van der Waals surface area contributed by atoms with Gasteiger partial charge in [0.05, 0.1) is 12.8 Å². The minimum atomic E-state index is -1.57. The van der Waals surface area contributed by atoms with Gasteiger partial charge in [-0.1, -0.05) is 0 Å². The van der Waals surface area contributed by atoms with Crippen LogP contribution in [0.1, 0.15) is 20.3 Å². The molecule has 0 aromatic rings. The number of hydrogen-bond acceptors (Lipinski definition) is 4. The van der Waals surface area contributed by atoms with Gasteiger partial charge >= 0.3 is 9.28 Å². The maximum Gasteiger partial charge on any atom is 0.348 e. The van der Waals surface area contributed by atoms with Gasteiger partial charge in [-0.3, -0.25) is 0 Å². The third-order valence-electron chi connectivity index (χ3n) is 1.78. The lowest BCUT2D eigenvalue weighted by Crippen LogP contribution is -2.36. The van der Waals surface area contributed by atoms with Crippen molar-refractivity contribution in [1.29, 1.82) is 0 Å². The van der Waals surface area contributed by atoms with Gasteiger partial charge in [-0.15, -0.1) is 0 Å². The fraction of sp³-hybridized carbons (Fsp3) is 1.00. The third-order valence-corrected chi connectivity index (χ3v) is 3.66. The Morgan fingerprint density at radius 1 is 1.31 bits per heavy atom. The van der Waals surface area contributed by atoms with Crippen molar-refractivity contribution >= 4 is 9.28 Å². The predicted molar refractivity (Wildman–Crippen MR) is 50.7 cm³/mol. The highest BCUT2D eigenvalue weighted by atomic mass is 28.3. The summed E-state index contributed by atoms with van der Waals surface area (Å²) in [7, 11) is -1.57. The zero-order valence-corrected chi connectivity index (χ0v) is 9.48. The van der Waals surface area contributed by atoms with Crippen molar-refractivity contribution in [2.45, 2.75) is 26.6 Å². The summed E-state index contributed by atoms with van der Waals surface area (Å²) in [4.78, 5) is 0. The Morgan fingerprint density at radius 2 is 1.92 bits per heavy atom. The van der Waals surface area contributed by atoms with Crippen LogP contribution >= 0.6 is 0 Å². The van der Waals surface area contributed by atoms with Gasteiger partial charge < -0.3 is 18.3 Å². The molecule has 4 nitrogen and oxygen atoms in total. The van der Waals surface area contributed by atoms with Gasteiger partial charge in [0, 0.05) is 19.6 Å². The molecule has 1 rings (SSSR count). The molecule has 1 fully saturated rings. The van der Waals surface area contributed by atoms with Gasteiger partial charge in [0.1, 0.15) is 0 Å². The molecular formula is C8H18O4Si. The molecule has 0 aliphatic carbocycles. The molecule has 1 unspecified atom stereocenters. The summed E-state index contributed by atoms with van der Waals surface area (Å²) in [5, 5.41) is 0.